The molecule has 3 rings (SSSR count). The van der Waals surface area contributed by atoms with E-state index in [1.54, 1.807) is 12.1 Å². The molecular formula is C13H17ClN6. The van der Waals surface area contributed by atoms with E-state index in [1.165, 1.54) is 0 Å². The smallest absolute Gasteiger partial charge is 0.226 e. The maximum Gasteiger partial charge on any atom is 0.226 e. The van der Waals surface area contributed by atoms with Crippen LogP contribution in [0, 0.1) is 0 Å². The SMILES string of the molecule is CN1CCC(Nc2nc(N)c3ccc(Cl)nc3n2)CC1. The minimum Gasteiger partial charge on any atom is -0.383 e. The second-order valence-corrected chi connectivity index (χ2v) is 5.55. The van der Waals surface area contributed by atoms with Gasteiger partial charge in [0, 0.05) is 6.04 Å². The van der Waals surface area contributed by atoms with Gasteiger partial charge in [0.05, 0.1) is 5.39 Å². The van der Waals surface area contributed by atoms with Gasteiger partial charge in [0.1, 0.15) is 11.0 Å². The number of hydrogen-bond donors (Lipinski definition) is 2. The molecule has 0 atom stereocenters. The van der Waals surface area contributed by atoms with Crippen LogP contribution in [0.15, 0.2) is 12.1 Å². The minimum atomic E-state index is 0.377. The Hall–Kier alpha value is -1.66. The summed E-state index contributed by atoms with van der Waals surface area (Å²) in [5, 5.41) is 4.47. The summed E-state index contributed by atoms with van der Waals surface area (Å²) in [7, 11) is 2.13. The number of nitrogen functional groups attached to an aromatic ring is 1. The fourth-order valence-corrected chi connectivity index (χ4v) is 2.55. The molecule has 0 saturated carbocycles. The summed E-state index contributed by atoms with van der Waals surface area (Å²) in [6, 6.07) is 3.86. The average molecular weight is 293 g/mol. The molecule has 1 aliphatic rings. The number of nitrogens with two attached hydrogens (primary N) is 1. The largest absolute Gasteiger partial charge is 0.383 e. The molecule has 2 aromatic rings. The average Bonchev–Trinajstić information content (AvgIpc) is 2.41. The Bertz CT molecular complexity index is 624. The molecule has 1 saturated heterocycles. The number of halogens is 1. The fourth-order valence-electron chi connectivity index (χ4n) is 2.41. The molecule has 0 radical (unpaired) electrons. The van der Waals surface area contributed by atoms with Gasteiger partial charge in [0.2, 0.25) is 5.95 Å². The Morgan fingerprint density at radius 3 is 2.75 bits per heavy atom. The predicted molar refractivity (Wildman–Crippen MR) is 80.9 cm³/mol. The molecule has 7 heteroatoms. The van der Waals surface area contributed by atoms with E-state index in [0.29, 0.717) is 28.6 Å². The van der Waals surface area contributed by atoms with Crippen molar-refractivity contribution in [1.82, 2.24) is 19.9 Å². The number of anilines is 2. The third kappa shape index (κ3) is 2.76. The third-order valence-electron chi connectivity index (χ3n) is 3.61. The summed E-state index contributed by atoms with van der Waals surface area (Å²) in [6.07, 6.45) is 2.14. The molecule has 2 aromatic heterocycles. The molecule has 0 bridgehead atoms. The number of likely N-dealkylation sites (tertiary alicyclic amines) is 1. The molecule has 106 valence electrons. The monoisotopic (exact) mass is 292 g/mol. The van der Waals surface area contributed by atoms with E-state index < -0.39 is 0 Å². The van der Waals surface area contributed by atoms with E-state index in [2.05, 4.69) is 32.2 Å². The van der Waals surface area contributed by atoms with E-state index in [0.717, 1.165) is 31.3 Å². The highest BCUT2D eigenvalue weighted by atomic mass is 35.5. The molecule has 0 unspecified atom stereocenters. The molecule has 1 aliphatic heterocycles. The van der Waals surface area contributed by atoms with Crippen LogP contribution in [-0.4, -0.2) is 46.0 Å². The van der Waals surface area contributed by atoms with Gasteiger partial charge in [0.25, 0.3) is 0 Å². The highest BCUT2D eigenvalue weighted by molar-refractivity contribution is 6.29. The van der Waals surface area contributed by atoms with Crippen LogP contribution >= 0.6 is 11.6 Å². The first-order chi connectivity index (χ1) is 9.61. The summed E-state index contributed by atoms with van der Waals surface area (Å²) in [5.74, 6) is 0.953. The summed E-state index contributed by atoms with van der Waals surface area (Å²) in [5.41, 5.74) is 6.48. The number of hydrogen-bond acceptors (Lipinski definition) is 6. The number of aromatic nitrogens is 3. The van der Waals surface area contributed by atoms with Crippen LogP contribution in [0.2, 0.25) is 5.15 Å². The van der Waals surface area contributed by atoms with Crippen LogP contribution in [-0.2, 0) is 0 Å². The van der Waals surface area contributed by atoms with Gasteiger partial charge in [-0.15, -0.1) is 0 Å². The van der Waals surface area contributed by atoms with Crippen molar-refractivity contribution < 1.29 is 0 Å². The van der Waals surface area contributed by atoms with Crippen molar-refractivity contribution >= 4 is 34.4 Å². The summed E-state index contributed by atoms with van der Waals surface area (Å²) < 4.78 is 0. The van der Waals surface area contributed by atoms with Crippen molar-refractivity contribution in [2.75, 3.05) is 31.2 Å². The van der Waals surface area contributed by atoms with Crippen LogP contribution in [0.4, 0.5) is 11.8 Å². The lowest BCUT2D eigenvalue weighted by molar-refractivity contribution is 0.263. The molecule has 20 heavy (non-hydrogen) atoms. The van der Waals surface area contributed by atoms with Crippen molar-refractivity contribution in [2.24, 2.45) is 0 Å². The van der Waals surface area contributed by atoms with Crippen LogP contribution in [0.5, 0.6) is 0 Å². The summed E-state index contributed by atoms with van der Waals surface area (Å²) in [4.78, 5) is 15.2. The molecule has 3 N–H and O–H groups in total. The van der Waals surface area contributed by atoms with Crippen LogP contribution in [0.1, 0.15) is 12.8 Å². The molecule has 6 nitrogen and oxygen atoms in total. The molecular weight excluding hydrogens is 276 g/mol. The van der Waals surface area contributed by atoms with Crippen molar-refractivity contribution in [3.05, 3.63) is 17.3 Å². The van der Waals surface area contributed by atoms with E-state index >= 15 is 0 Å². The number of nitrogens with zero attached hydrogens (tertiary/aromatic N) is 4. The van der Waals surface area contributed by atoms with Gasteiger partial charge in [-0.2, -0.15) is 9.97 Å². The van der Waals surface area contributed by atoms with Crippen molar-refractivity contribution in [3.63, 3.8) is 0 Å². The number of pyridine rings is 1. The molecule has 0 amide bonds. The Morgan fingerprint density at radius 1 is 1.25 bits per heavy atom. The maximum absolute atomic E-state index is 5.95. The second kappa shape index (κ2) is 5.38. The number of rotatable bonds is 2. The zero-order valence-corrected chi connectivity index (χ0v) is 12.1. The maximum atomic E-state index is 5.95. The van der Waals surface area contributed by atoms with Crippen molar-refractivity contribution in [2.45, 2.75) is 18.9 Å². The third-order valence-corrected chi connectivity index (χ3v) is 3.82. The molecule has 3 heterocycles. The van der Waals surface area contributed by atoms with Gasteiger partial charge >= 0.3 is 0 Å². The molecule has 0 aromatic carbocycles. The Labute approximate surface area is 122 Å². The molecule has 0 aliphatic carbocycles. The van der Waals surface area contributed by atoms with Gasteiger partial charge in [-0.1, -0.05) is 11.6 Å². The van der Waals surface area contributed by atoms with Gasteiger partial charge in [0.15, 0.2) is 5.65 Å². The zero-order chi connectivity index (χ0) is 14.1. The molecule has 0 spiro atoms. The van der Waals surface area contributed by atoms with E-state index in [-0.39, 0.29) is 0 Å². The lowest BCUT2D eigenvalue weighted by Crippen LogP contribution is -2.37. The van der Waals surface area contributed by atoms with E-state index in [9.17, 15) is 0 Å². The minimum absolute atomic E-state index is 0.377. The standard InChI is InChI=1S/C13H17ClN6/c1-20-6-4-8(5-7-20)16-13-18-11(15)9-2-3-10(14)17-12(9)19-13/h2-3,8H,4-7H2,1H3,(H3,15,16,17,18,19). The van der Waals surface area contributed by atoms with Gasteiger partial charge in [-0.25, -0.2) is 4.98 Å². The molecule has 1 fully saturated rings. The second-order valence-electron chi connectivity index (χ2n) is 5.16. The van der Waals surface area contributed by atoms with Gasteiger partial charge in [-0.05, 0) is 45.1 Å². The lowest BCUT2D eigenvalue weighted by atomic mass is 10.1. The van der Waals surface area contributed by atoms with Crippen LogP contribution in [0.25, 0.3) is 11.0 Å². The first kappa shape index (κ1) is 13.3. The highest BCUT2D eigenvalue weighted by Gasteiger charge is 2.18. The topological polar surface area (TPSA) is 80.0 Å². The highest BCUT2D eigenvalue weighted by Crippen LogP contribution is 2.21. The van der Waals surface area contributed by atoms with Crippen molar-refractivity contribution in [1.29, 1.82) is 0 Å². The Morgan fingerprint density at radius 2 is 2.00 bits per heavy atom. The zero-order valence-electron chi connectivity index (χ0n) is 11.3. The van der Waals surface area contributed by atoms with Gasteiger partial charge < -0.3 is 16.0 Å². The van der Waals surface area contributed by atoms with E-state index in [4.69, 9.17) is 17.3 Å². The first-order valence-electron chi connectivity index (χ1n) is 6.66. The summed E-state index contributed by atoms with van der Waals surface area (Å²) in [6.45, 7) is 2.15. The van der Waals surface area contributed by atoms with Crippen LogP contribution in [0.3, 0.4) is 0 Å². The number of nitrogens with one attached hydrogen (secondary N) is 1. The van der Waals surface area contributed by atoms with Gasteiger partial charge in [-0.3, -0.25) is 0 Å². The summed E-state index contributed by atoms with van der Waals surface area (Å²) >= 11 is 5.89. The first-order valence-corrected chi connectivity index (χ1v) is 7.04. The normalized spacial score (nSPS) is 17.5. The van der Waals surface area contributed by atoms with Crippen molar-refractivity contribution in [3.8, 4) is 0 Å². The Kier molecular flexibility index (Phi) is 3.58. The Balaban J connectivity index is 1.84. The quantitative estimate of drug-likeness (QED) is 0.821. The number of piperidine rings is 1. The number of fused-ring (bicyclic) bond motifs is 1. The predicted octanol–water partition coefficient (Wildman–Crippen LogP) is 1.77. The lowest BCUT2D eigenvalue weighted by Gasteiger charge is -2.29. The van der Waals surface area contributed by atoms with E-state index in [1.807, 2.05) is 0 Å². The van der Waals surface area contributed by atoms with Crippen LogP contribution < -0.4 is 11.1 Å². The fraction of sp³-hybridized carbons (Fsp3) is 0.462.